The standard InChI is InChI=1S/C18H24N4O/c1-21(13-15-8-5-9-15)18(23)20-12-17-19-10-11-22(17)14-16-6-3-2-4-7-16/h2-4,6-7,10-11,15H,5,8-9,12-14H2,1H3,(H,20,23). The van der Waals surface area contributed by atoms with Crippen LogP contribution in [0.5, 0.6) is 0 Å². The minimum atomic E-state index is -0.0221. The third-order valence-electron chi connectivity index (χ3n) is 4.50. The lowest BCUT2D eigenvalue weighted by molar-refractivity contribution is 0.182. The average Bonchev–Trinajstić information content (AvgIpc) is 2.96. The van der Waals surface area contributed by atoms with Gasteiger partial charge in [-0.05, 0) is 24.3 Å². The van der Waals surface area contributed by atoms with Crippen LogP contribution in [0.1, 0.15) is 30.7 Å². The molecule has 0 unspecified atom stereocenters. The number of rotatable bonds is 6. The van der Waals surface area contributed by atoms with E-state index in [1.165, 1.54) is 24.8 Å². The van der Waals surface area contributed by atoms with E-state index in [1.807, 2.05) is 31.4 Å². The molecule has 0 atom stereocenters. The third-order valence-corrected chi connectivity index (χ3v) is 4.50. The number of aromatic nitrogens is 2. The number of urea groups is 1. The van der Waals surface area contributed by atoms with Crippen molar-refractivity contribution in [2.45, 2.75) is 32.4 Å². The van der Waals surface area contributed by atoms with Gasteiger partial charge in [0.1, 0.15) is 5.82 Å². The molecule has 122 valence electrons. The van der Waals surface area contributed by atoms with Gasteiger partial charge in [0.15, 0.2) is 0 Å². The fraction of sp³-hybridized carbons (Fsp3) is 0.444. The normalized spacial score (nSPS) is 14.3. The lowest BCUT2D eigenvalue weighted by Gasteiger charge is -2.30. The molecule has 1 N–H and O–H groups in total. The summed E-state index contributed by atoms with van der Waals surface area (Å²) >= 11 is 0. The largest absolute Gasteiger partial charge is 0.331 e. The van der Waals surface area contributed by atoms with Crippen LogP contribution in [0.4, 0.5) is 4.79 Å². The van der Waals surface area contributed by atoms with Crippen LogP contribution in [0.25, 0.3) is 0 Å². The van der Waals surface area contributed by atoms with Crippen LogP contribution in [-0.4, -0.2) is 34.1 Å². The van der Waals surface area contributed by atoms with Gasteiger partial charge in [-0.3, -0.25) is 0 Å². The van der Waals surface area contributed by atoms with Crippen LogP contribution in [0.15, 0.2) is 42.7 Å². The van der Waals surface area contributed by atoms with Gasteiger partial charge >= 0.3 is 6.03 Å². The molecule has 3 rings (SSSR count). The van der Waals surface area contributed by atoms with Crippen molar-refractivity contribution in [2.75, 3.05) is 13.6 Å². The molecule has 2 aromatic rings. The van der Waals surface area contributed by atoms with Crippen LogP contribution in [0.3, 0.4) is 0 Å². The molecule has 0 spiro atoms. The van der Waals surface area contributed by atoms with Gasteiger partial charge < -0.3 is 14.8 Å². The van der Waals surface area contributed by atoms with Crippen molar-refractivity contribution in [3.63, 3.8) is 0 Å². The van der Waals surface area contributed by atoms with E-state index in [9.17, 15) is 4.79 Å². The molecular weight excluding hydrogens is 288 g/mol. The van der Waals surface area contributed by atoms with E-state index < -0.39 is 0 Å². The summed E-state index contributed by atoms with van der Waals surface area (Å²) in [6, 6.07) is 10.2. The van der Waals surface area contributed by atoms with E-state index in [-0.39, 0.29) is 6.03 Å². The zero-order chi connectivity index (χ0) is 16.1. The van der Waals surface area contributed by atoms with Gasteiger partial charge in [-0.25, -0.2) is 9.78 Å². The Kier molecular flexibility index (Phi) is 4.95. The minimum Gasteiger partial charge on any atom is -0.331 e. The zero-order valence-electron chi connectivity index (χ0n) is 13.6. The van der Waals surface area contributed by atoms with Gasteiger partial charge in [0.2, 0.25) is 0 Å². The van der Waals surface area contributed by atoms with Crippen LogP contribution in [0, 0.1) is 5.92 Å². The first-order chi connectivity index (χ1) is 11.2. The minimum absolute atomic E-state index is 0.0221. The Morgan fingerprint density at radius 2 is 2.13 bits per heavy atom. The molecule has 1 aliphatic carbocycles. The number of imidazole rings is 1. The first kappa shape index (κ1) is 15.6. The maximum Gasteiger partial charge on any atom is 0.317 e. The molecule has 2 amide bonds. The van der Waals surface area contributed by atoms with Crippen LogP contribution in [0.2, 0.25) is 0 Å². The van der Waals surface area contributed by atoms with Gasteiger partial charge in [-0.1, -0.05) is 36.8 Å². The second kappa shape index (κ2) is 7.31. The van der Waals surface area contributed by atoms with Crippen molar-refractivity contribution >= 4 is 6.03 Å². The molecule has 1 fully saturated rings. The van der Waals surface area contributed by atoms with E-state index in [2.05, 4.69) is 27.0 Å². The lowest BCUT2D eigenvalue weighted by atomic mass is 9.85. The molecule has 5 heteroatoms. The van der Waals surface area contributed by atoms with Crippen LogP contribution >= 0.6 is 0 Å². The highest BCUT2D eigenvalue weighted by Gasteiger charge is 2.21. The quantitative estimate of drug-likeness (QED) is 0.891. The molecule has 0 aliphatic heterocycles. The molecular formula is C18H24N4O. The van der Waals surface area contributed by atoms with Crippen molar-refractivity contribution in [1.82, 2.24) is 19.8 Å². The van der Waals surface area contributed by atoms with E-state index in [4.69, 9.17) is 0 Å². The molecule has 1 heterocycles. The Hall–Kier alpha value is -2.30. The summed E-state index contributed by atoms with van der Waals surface area (Å²) in [7, 11) is 1.87. The molecule has 1 aromatic heterocycles. The Morgan fingerprint density at radius 1 is 1.35 bits per heavy atom. The first-order valence-electron chi connectivity index (χ1n) is 8.25. The van der Waals surface area contributed by atoms with Crippen molar-refractivity contribution < 1.29 is 4.79 Å². The fourth-order valence-corrected chi connectivity index (χ4v) is 2.87. The van der Waals surface area contributed by atoms with Crippen molar-refractivity contribution in [2.24, 2.45) is 5.92 Å². The summed E-state index contributed by atoms with van der Waals surface area (Å²) < 4.78 is 2.07. The van der Waals surface area contributed by atoms with Crippen LogP contribution < -0.4 is 5.32 Å². The maximum absolute atomic E-state index is 12.2. The molecule has 23 heavy (non-hydrogen) atoms. The summed E-state index contributed by atoms with van der Waals surface area (Å²) in [5.41, 5.74) is 1.22. The second-order valence-electron chi connectivity index (χ2n) is 6.29. The molecule has 0 bridgehead atoms. The van der Waals surface area contributed by atoms with Gasteiger partial charge in [-0.15, -0.1) is 0 Å². The summed E-state index contributed by atoms with van der Waals surface area (Å²) in [5.74, 6) is 1.56. The summed E-state index contributed by atoms with van der Waals surface area (Å²) in [6.45, 7) is 2.07. The molecule has 5 nitrogen and oxygen atoms in total. The van der Waals surface area contributed by atoms with Crippen molar-refractivity contribution in [3.05, 3.63) is 54.1 Å². The smallest absolute Gasteiger partial charge is 0.317 e. The van der Waals surface area contributed by atoms with Crippen LogP contribution in [-0.2, 0) is 13.1 Å². The van der Waals surface area contributed by atoms with E-state index >= 15 is 0 Å². The van der Waals surface area contributed by atoms with Crippen molar-refractivity contribution in [1.29, 1.82) is 0 Å². The number of carbonyl (C=O) groups excluding carboxylic acids is 1. The zero-order valence-corrected chi connectivity index (χ0v) is 13.6. The van der Waals surface area contributed by atoms with Gasteiger partial charge in [0, 0.05) is 32.5 Å². The number of carbonyl (C=O) groups is 1. The fourth-order valence-electron chi connectivity index (χ4n) is 2.87. The lowest BCUT2D eigenvalue weighted by Crippen LogP contribution is -2.41. The van der Waals surface area contributed by atoms with E-state index in [0.29, 0.717) is 12.5 Å². The van der Waals surface area contributed by atoms with Gasteiger partial charge in [-0.2, -0.15) is 0 Å². The molecule has 1 aliphatic rings. The Bertz CT molecular complexity index is 633. The topological polar surface area (TPSA) is 50.2 Å². The number of hydrogen-bond donors (Lipinski definition) is 1. The summed E-state index contributed by atoms with van der Waals surface area (Å²) in [4.78, 5) is 18.3. The van der Waals surface area contributed by atoms with Crippen molar-refractivity contribution in [3.8, 4) is 0 Å². The number of hydrogen-bond acceptors (Lipinski definition) is 2. The predicted octanol–water partition coefficient (Wildman–Crippen LogP) is 2.87. The van der Waals surface area contributed by atoms with Gasteiger partial charge in [0.25, 0.3) is 0 Å². The highest BCUT2D eigenvalue weighted by Crippen LogP contribution is 2.26. The predicted molar refractivity (Wildman–Crippen MR) is 90.0 cm³/mol. The summed E-state index contributed by atoms with van der Waals surface area (Å²) in [5, 5.41) is 2.97. The second-order valence-corrected chi connectivity index (χ2v) is 6.29. The Labute approximate surface area is 137 Å². The Morgan fingerprint density at radius 3 is 2.83 bits per heavy atom. The first-order valence-corrected chi connectivity index (χ1v) is 8.25. The number of nitrogens with one attached hydrogen (secondary N) is 1. The average molecular weight is 312 g/mol. The SMILES string of the molecule is CN(CC1CCC1)C(=O)NCc1nccn1Cc1ccccc1. The molecule has 1 aromatic carbocycles. The monoisotopic (exact) mass is 312 g/mol. The third kappa shape index (κ3) is 4.12. The van der Waals surface area contributed by atoms with Gasteiger partial charge in [0.05, 0.1) is 6.54 Å². The summed E-state index contributed by atoms with van der Waals surface area (Å²) in [6.07, 6.45) is 7.53. The highest BCUT2D eigenvalue weighted by molar-refractivity contribution is 5.73. The van der Waals surface area contributed by atoms with E-state index in [1.54, 1.807) is 11.1 Å². The molecule has 0 radical (unpaired) electrons. The maximum atomic E-state index is 12.2. The molecule has 1 saturated carbocycles. The molecule has 0 saturated heterocycles. The van der Waals surface area contributed by atoms with E-state index in [0.717, 1.165) is 18.9 Å². The Balaban J connectivity index is 1.52. The number of benzene rings is 1. The number of nitrogens with zero attached hydrogens (tertiary/aromatic N) is 3. The number of amides is 2. The highest BCUT2D eigenvalue weighted by atomic mass is 16.2.